The Morgan fingerprint density at radius 2 is 2.27 bits per heavy atom. The predicted octanol–water partition coefficient (Wildman–Crippen LogP) is 3.33. The van der Waals surface area contributed by atoms with Crippen molar-refractivity contribution in [3.8, 4) is 0 Å². The summed E-state index contributed by atoms with van der Waals surface area (Å²) in [7, 11) is 0. The fourth-order valence-corrected chi connectivity index (χ4v) is 0.959. The van der Waals surface area contributed by atoms with Crippen LogP contribution in [0.3, 0.4) is 0 Å². The number of hydrogen-bond donors (Lipinski definition) is 0. The lowest BCUT2D eigenvalue weighted by Gasteiger charge is -1.97. The lowest BCUT2D eigenvalue weighted by molar-refractivity contribution is 1.27. The van der Waals surface area contributed by atoms with Crippen LogP contribution in [0.15, 0.2) is 23.7 Å². The van der Waals surface area contributed by atoms with E-state index in [0.717, 1.165) is 11.3 Å². The molecule has 0 aliphatic carbocycles. The highest BCUT2D eigenvalue weighted by Gasteiger charge is 1.95. The van der Waals surface area contributed by atoms with Gasteiger partial charge in [-0.05, 0) is 24.6 Å². The van der Waals surface area contributed by atoms with Gasteiger partial charge in [-0.15, -0.1) is 0 Å². The number of aromatic nitrogens is 1. The molecule has 1 nitrogen and oxygen atoms in total. The van der Waals surface area contributed by atoms with E-state index in [9.17, 15) is 0 Å². The summed E-state index contributed by atoms with van der Waals surface area (Å²) in [6, 6.07) is 5.43. The second-order valence-corrected chi connectivity index (χ2v) is 2.74. The van der Waals surface area contributed by atoms with Crippen LogP contribution in [-0.4, -0.2) is 4.98 Å². The van der Waals surface area contributed by atoms with Gasteiger partial charge >= 0.3 is 0 Å². The van der Waals surface area contributed by atoms with Gasteiger partial charge in [-0.25, -0.2) is 4.98 Å². The average Bonchev–Trinajstić information content (AvgIpc) is 2.03. The zero-order valence-corrected chi connectivity index (χ0v) is 7.52. The van der Waals surface area contributed by atoms with E-state index in [-0.39, 0.29) is 0 Å². The molecule has 1 rings (SSSR count). The molecular formula is C8H7Cl2N. The molecule has 0 radical (unpaired) electrons. The molecule has 0 aliphatic rings. The summed E-state index contributed by atoms with van der Waals surface area (Å²) in [6.07, 6.45) is 0. The Morgan fingerprint density at radius 3 is 2.82 bits per heavy atom. The van der Waals surface area contributed by atoms with Gasteiger partial charge < -0.3 is 0 Å². The van der Waals surface area contributed by atoms with Crippen molar-refractivity contribution < 1.29 is 0 Å². The van der Waals surface area contributed by atoms with E-state index < -0.39 is 0 Å². The molecule has 0 bridgehead atoms. The standard InChI is InChI=1S/C8H7Cl2N/c1-6(5-9)7-3-2-4-8(10)11-7/h2-5H,1H3/b6-5+. The van der Waals surface area contributed by atoms with E-state index in [0.29, 0.717) is 5.15 Å². The van der Waals surface area contributed by atoms with Crippen LogP contribution in [0.4, 0.5) is 0 Å². The molecule has 0 aromatic carbocycles. The van der Waals surface area contributed by atoms with Crippen LogP contribution in [-0.2, 0) is 0 Å². The first-order valence-electron chi connectivity index (χ1n) is 3.14. The summed E-state index contributed by atoms with van der Waals surface area (Å²) in [5.41, 5.74) is 3.21. The van der Waals surface area contributed by atoms with Gasteiger partial charge in [0.2, 0.25) is 0 Å². The third-order valence-corrected chi connectivity index (χ3v) is 1.82. The first-order chi connectivity index (χ1) is 5.24. The highest BCUT2D eigenvalue weighted by molar-refractivity contribution is 6.29. The van der Waals surface area contributed by atoms with Crippen molar-refractivity contribution in [3.63, 3.8) is 0 Å². The largest absolute Gasteiger partial charge is 0.236 e. The fourth-order valence-electron chi connectivity index (χ4n) is 0.684. The molecule has 3 heteroatoms. The second-order valence-electron chi connectivity index (χ2n) is 2.14. The Labute approximate surface area is 75.7 Å². The molecule has 0 spiro atoms. The minimum Gasteiger partial charge on any atom is -0.236 e. The first kappa shape index (κ1) is 8.57. The molecule has 0 unspecified atom stereocenters. The van der Waals surface area contributed by atoms with Crippen molar-refractivity contribution in [2.75, 3.05) is 0 Å². The predicted molar refractivity (Wildman–Crippen MR) is 48.8 cm³/mol. The lowest BCUT2D eigenvalue weighted by atomic mass is 10.2. The minimum absolute atomic E-state index is 0.486. The number of rotatable bonds is 1. The molecule has 58 valence electrons. The summed E-state index contributed by atoms with van der Waals surface area (Å²) in [4.78, 5) is 4.06. The quantitative estimate of drug-likeness (QED) is 0.616. The van der Waals surface area contributed by atoms with Crippen molar-refractivity contribution in [1.29, 1.82) is 0 Å². The number of hydrogen-bond acceptors (Lipinski definition) is 1. The summed E-state index contributed by atoms with van der Waals surface area (Å²) in [6.45, 7) is 1.88. The first-order valence-corrected chi connectivity index (χ1v) is 3.95. The highest BCUT2D eigenvalue weighted by Crippen LogP contribution is 2.14. The van der Waals surface area contributed by atoms with E-state index in [1.165, 1.54) is 5.54 Å². The summed E-state index contributed by atoms with van der Waals surface area (Å²) in [5.74, 6) is 0. The smallest absolute Gasteiger partial charge is 0.129 e. The number of nitrogens with zero attached hydrogens (tertiary/aromatic N) is 1. The van der Waals surface area contributed by atoms with Crippen LogP contribution in [0.2, 0.25) is 5.15 Å². The maximum absolute atomic E-state index is 5.66. The monoisotopic (exact) mass is 187 g/mol. The Balaban J connectivity index is 3.06. The van der Waals surface area contributed by atoms with Crippen molar-refractivity contribution in [2.45, 2.75) is 6.92 Å². The zero-order chi connectivity index (χ0) is 8.27. The van der Waals surface area contributed by atoms with E-state index >= 15 is 0 Å². The third kappa shape index (κ3) is 2.21. The van der Waals surface area contributed by atoms with Gasteiger partial charge in [0.05, 0.1) is 5.69 Å². The van der Waals surface area contributed by atoms with Crippen molar-refractivity contribution in [1.82, 2.24) is 4.98 Å². The molecular weight excluding hydrogens is 181 g/mol. The van der Waals surface area contributed by atoms with Crippen molar-refractivity contribution in [2.24, 2.45) is 0 Å². The molecule has 11 heavy (non-hydrogen) atoms. The van der Waals surface area contributed by atoms with Gasteiger partial charge in [-0.2, -0.15) is 0 Å². The van der Waals surface area contributed by atoms with Gasteiger partial charge in [0.15, 0.2) is 0 Å². The lowest BCUT2D eigenvalue weighted by Crippen LogP contribution is -1.84. The van der Waals surface area contributed by atoms with Crippen LogP contribution in [0, 0.1) is 0 Å². The molecule has 0 saturated carbocycles. The molecule has 1 aromatic heterocycles. The van der Waals surface area contributed by atoms with Gasteiger partial charge in [0, 0.05) is 5.54 Å². The molecule has 0 aliphatic heterocycles. The van der Waals surface area contributed by atoms with Crippen LogP contribution in [0.5, 0.6) is 0 Å². The summed E-state index contributed by atoms with van der Waals surface area (Å²) >= 11 is 11.2. The molecule has 0 N–H and O–H groups in total. The van der Waals surface area contributed by atoms with E-state index in [1.807, 2.05) is 19.1 Å². The molecule has 1 heterocycles. The van der Waals surface area contributed by atoms with Crippen LogP contribution in [0.1, 0.15) is 12.6 Å². The van der Waals surface area contributed by atoms with Gasteiger partial charge in [-0.3, -0.25) is 0 Å². The summed E-state index contributed by atoms with van der Waals surface area (Å²) in [5, 5.41) is 0.486. The number of halogens is 2. The minimum atomic E-state index is 0.486. The normalized spacial score (nSPS) is 11.7. The highest BCUT2D eigenvalue weighted by atomic mass is 35.5. The fraction of sp³-hybridized carbons (Fsp3) is 0.125. The second kappa shape index (κ2) is 3.74. The molecule has 1 aromatic rings. The third-order valence-electron chi connectivity index (χ3n) is 1.28. The Morgan fingerprint density at radius 1 is 1.55 bits per heavy atom. The average molecular weight is 188 g/mol. The topological polar surface area (TPSA) is 12.9 Å². The molecule has 0 saturated heterocycles. The van der Waals surface area contributed by atoms with Crippen LogP contribution in [0.25, 0.3) is 5.57 Å². The summed E-state index contributed by atoms with van der Waals surface area (Å²) < 4.78 is 0. The Kier molecular flexibility index (Phi) is 2.92. The Hall–Kier alpha value is -0.530. The molecule has 0 atom stereocenters. The number of allylic oxidation sites excluding steroid dienone is 1. The van der Waals surface area contributed by atoms with E-state index in [1.54, 1.807) is 6.07 Å². The van der Waals surface area contributed by atoms with Crippen LogP contribution >= 0.6 is 23.2 Å². The van der Waals surface area contributed by atoms with Crippen molar-refractivity contribution >= 4 is 28.8 Å². The van der Waals surface area contributed by atoms with Gasteiger partial charge in [0.25, 0.3) is 0 Å². The molecule has 0 fully saturated rings. The SMILES string of the molecule is C/C(=C\Cl)c1cccc(Cl)n1. The van der Waals surface area contributed by atoms with Gasteiger partial charge in [0.1, 0.15) is 5.15 Å². The molecule has 0 amide bonds. The van der Waals surface area contributed by atoms with E-state index in [2.05, 4.69) is 4.98 Å². The maximum atomic E-state index is 5.66. The van der Waals surface area contributed by atoms with Gasteiger partial charge in [-0.1, -0.05) is 29.3 Å². The van der Waals surface area contributed by atoms with Crippen molar-refractivity contribution in [3.05, 3.63) is 34.6 Å². The van der Waals surface area contributed by atoms with E-state index in [4.69, 9.17) is 23.2 Å². The number of pyridine rings is 1. The zero-order valence-electron chi connectivity index (χ0n) is 6.01. The Bertz CT molecular complexity index is 281. The maximum Gasteiger partial charge on any atom is 0.129 e. The van der Waals surface area contributed by atoms with Crippen LogP contribution < -0.4 is 0 Å².